The van der Waals surface area contributed by atoms with Gasteiger partial charge in [0.05, 0.1) is 23.6 Å². The molecule has 0 N–H and O–H groups in total. The molecule has 0 aliphatic carbocycles. The smallest absolute Gasteiger partial charge is 0.340 e. The monoisotopic (exact) mass is 335 g/mol. The van der Waals surface area contributed by atoms with Crippen LogP contribution in [0.25, 0.3) is 16.5 Å². The number of carbonyl (C=O) groups is 1. The Hall–Kier alpha value is -2.46. The number of ether oxygens (including phenoxy) is 1. The Morgan fingerprint density at radius 2 is 1.79 bits per heavy atom. The molecule has 0 bridgehead atoms. The SMILES string of the molecule is COC(=O)C1=CSC(c2ccccc2)c2c1n(C)c1ccccc21. The lowest BCUT2D eigenvalue weighted by atomic mass is 9.98. The van der Waals surface area contributed by atoms with E-state index in [1.165, 1.54) is 23.6 Å². The summed E-state index contributed by atoms with van der Waals surface area (Å²) in [6, 6.07) is 18.7. The Kier molecular flexibility index (Phi) is 3.69. The van der Waals surface area contributed by atoms with Crippen LogP contribution >= 0.6 is 11.8 Å². The van der Waals surface area contributed by atoms with Crippen LogP contribution in [0.5, 0.6) is 0 Å². The summed E-state index contributed by atoms with van der Waals surface area (Å²) in [6.07, 6.45) is 0. The Morgan fingerprint density at radius 1 is 1.08 bits per heavy atom. The predicted molar refractivity (Wildman–Crippen MR) is 98.8 cm³/mol. The quantitative estimate of drug-likeness (QED) is 0.645. The Bertz CT molecular complexity index is 956. The number of methoxy groups -OCH3 is 1. The lowest BCUT2D eigenvalue weighted by Gasteiger charge is -2.23. The van der Waals surface area contributed by atoms with Gasteiger partial charge in [0.25, 0.3) is 0 Å². The van der Waals surface area contributed by atoms with E-state index in [4.69, 9.17) is 4.74 Å². The van der Waals surface area contributed by atoms with Gasteiger partial charge in [0.1, 0.15) is 0 Å². The molecule has 0 spiro atoms. The second kappa shape index (κ2) is 5.87. The fourth-order valence-corrected chi connectivity index (χ4v) is 4.57. The summed E-state index contributed by atoms with van der Waals surface area (Å²) in [5, 5.41) is 3.29. The van der Waals surface area contributed by atoms with E-state index in [1.807, 2.05) is 30.7 Å². The van der Waals surface area contributed by atoms with Gasteiger partial charge in [-0.25, -0.2) is 4.79 Å². The normalized spacial score (nSPS) is 16.6. The lowest BCUT2D eigenvalue weighted by molar-refractivity contribution is -0.133. The predicted octanol–water partition coefficient (Wildman–Crippen LogP) is 4.53. The number of rotatable bonds is 2. The number of esters is 1. The van der Waals surface area contributed by atoms with Crippen LogP contribution in [0.3, 0.4) is 0 Å². The van der Waals surface area contributed by atoms with E-state index < -0.39 is 0 Å². The van der Waals surface area contributed by atoms with Gasteiger partial charge in [0.15, 0.2) is 0 Å². The van der Waals surface area contributed by atoms with Gasteiger partial charge in [0.2, 0.25) is 0 Å². The van der Waals surface area contributed by atoms with Gasteiger partial charge in [-0.05, 0) is 17.0 Å². The summed E-state index contributed by atoms with van der Waals surface area (Å²) in [7, 11) is 3.44. The van der Waals surface area contributed by atoms with Crippen molar-refractivity contribution in [3.8, 4) is 0 Å². The highest BCUT2D eigenvalue weighted by molar-refractivity contribution is 8.02. The van der Waals surface area contributed by atoms with Gasteiger partial charge < -0.3 is 9.30 Å². The van der Waals surface area contributed by atoms with Gasteiger partial charge in [0, 0.05) is 23.5 Å². The van der Waals surface area contributed by atoms with E-state index in [-0.39, 0.29) is 11.2 Å². The highest BCUT2D eigenvalue weighted by atomic mass is 32.2. The van der Waals surface area contributed by atoms with E-state index in [0.717, 1.165) is 11.2 Å². The van der Waals surface area contributed by atoms with Gasteiger partial charge >= 0.3 is 5.97 Å². The van der Waals surface area contributed by atoms with E-state index in [2.05, 4.69) is 41.0 Å². The third-order valence-electron chi connectivity index (χ3n) is 4.49. The zero-order valence-electron chi connectivity index (χ0n) is 13.5. The van der Waals surface area contributed by atoms with Crippen molar-refractivity contribution in [1.29, 1.82) is 0 Å². The molecular weight excluding hydrogens is 318 g/mol. The second-order valence-corrected chi connectivity index (χ2v) is 6.77. The minimum absolute atomic E-state index is 0.167. The maximum absolute atomic E-state index is 12.3. The molecule has 0 amide bonds. The van der Waals surface area contributed by atoms with Crippen molar-refractivity contribution in [2.45, 2.75) is 5.25 Å². The average molecular weight is 335 g/mol. The Labute approximate surface area is 144 Å². The molecule has 0 fully saturated rings. The van der Waals surface area contributed by atoms with Gasteiger partial charge in [-0.15, -0.1) is 11.8 Å². The van der Waals surface area contributed by atoms with Crippen molar-refractivity contribution in [1.82, 2.24) is 4.57 Å². The number of thioether (sulfide) groups is 1. The summed E-state index contributed by atoms with van der Waals surface area (Å²) in [4.78, 5) is 12.3. The topological polar surface area (TPSA) is 31.2 Å². The molecule has 0 radical (unpaired) electrons. The lowest BCUT2D eigenvalue weighted by Crippen LogP contribution is -2.13. The molecular formula is C20H17NO2S. The highest BCUT2D eigenvalue weighted by Gasteiger charge is 2.32. The third-order valence-corrected chi connectivity index (χ3v) is 5.64. The summed E-state index contributed by atoms with van der Waals surface area (Å²) < 4.78 is 7.10. The van der Waals surface area contributed by atoms with E-state index >= 15 is 0 Å². The van der Waals surface area contributed by atoms with Crippen molar-refractivity contribution in [3.63, 3.8) is 0 Å². The number of hydrogen-bond acceptors (Lipinski definition) is 3. The van der Waals surface area contributed by atoms with Gasteiger partial charge in [-0.3, -0.25) is 0 Å². The molecule has 1 unspecified atom stereocenters. The molecule has 1 atom stereocenters. The minimum Gasteiger partial charge on any atom is -0.465 e. The molecule has 0 saturated carbocycles. The summed E-state index contributed by atoms with van der Waals surface area (Å²) in [5.74, 6) is -0.291. The fraction of sp³-hybridized carbons (Fsp3) is 0.150. The van der Waals surface area contributed by atoms with Crippen molar-refractivity contribution >= 4 is 34.2 Å². The van der Waals surface area contributed by atoms with Gasteiger partial charge in [-0.1, -0.05) is 48.5 Å². The molecule has 120 valence electrons. The Morgan fingerprint density at radius 3 is 2.54 bits per heavy atom. The van der Waals surface area contributed by atoms with Crippen molar-refractivity contribution in [2.75, 3.05) is 7.11 Å². The van der Waals surface area contributed by atoms with Gasteiger partial charge in [-0.2, -0.15) is 0 Å². The van der Waals surface area contributed by atoms with Crippen LogP contribution in [-0.2, 0) is 16.6 Å². The zero-order valence-corrected chi connectivity index (χ0v) is 14.3. The molecule has 1 aromatic heterocycles. The van der Waals surface area contributed by atoms with Crippen LogP contribution in [0.15, 0.2) is 60.0 Å². The summed E-state index contributed by atoms with van der Waals surface area (Å²) >= 11 is 1.66. The largest absolute Gasteiger partial charge is 0.465 e. The molecule has 2 heterocycles. The molecule has 4 rings (SSSR count). The number of aryl methyl sites for hydroxylation is 1. The number of aromatic nitrogens is 1. The number of fused-ring (bicyclic) bond motifs is 3. The molecule has 2 aromatic carbocycles. The van der Waals surface area contributed by atoms with Crippen LogP contribution < -0.4 is 0 Å². The first-order valence-corrected chi connectivity index (χ1v) is 8.73. The number of hydrogen-bond donors (Lipinski definition) is 0. The first kappa shape index (κ1) is 15.1. The van der Waals surface area contributed by atoms with Crippen molar-refractivity contribution in [2.24, 2.45) is 7.05 Å². The fourth-order valence-electron chi connectivity index (χ4n) is 3.40. The van der Waals surface area contributed by atoms with E-state index in [0.29, 0.717) is 5.57 Å². The Balaban J connectivity index is 2.02. The van der Waals surface area contributed by atoms with Crippen molar-refractivity contribution in [3.05, 3.63) is 76.8 Å². The number of nitrogens with zero attached hydrogens (tertiary/aromatic N) is 1. The molecule has 0 saturated heterocycles. The molecule has 4 heteroatoms. The average Bonchev–Trinajstić information content (AvgIpc) is 2.95. The molecule has 1 aliphatic heterocycles. The second-order valence-electron chi connectivity index (χ2n) is 5.79. The minimum atomic E-state index is -0.291. The maximum atomic E-state index is 12.3. The number of carbonyl (C=O) groups excluding carboxylic acids is 1. The van der Waals surface area contributed by atoms with E-state index in [1.54, 1.807) is 11.8 Å². The maximum Gasteiger partial charge on any atom is 0.340 e. The van der Waals surface area contributed by atoms with Crippen LogP contribution in [0.2, 0.25) is 0 Å². The van der Waals surface area contributed by atoms with Crippen LogP contribution in [-0.4, -0.2) is 17.6 Å². The van der Waals surface area contributed by atoms with Crippen LogP contribution in [0.1, 0.15) is 22.1 Å². The first-order chi connectivity index (χ1) is 11.7. The number of para-hydroxylation sites is 1. The summed E-state index contributed by atoms with van der Waals surface area (Å²) in [5.41, 5.74) is 5.13. The standard InChI is InChI=1S/C20H17NO2S/c1-21-16-11-7-6-10-14(16)17-18(21)15(20(22)23-2)12-24-19(17)13-8-4-3-5-9-13/h3-12,19H,1-2H3. The summed E-state index contributed by atoms with van der Waals surface area (Å²) in [6.45, 7) is 0. The molecule has 24 heavy (non-hydrogen) atoms. The molecule has 3 nitrogen and oxygen atoms in total. The van der Waals surface area contributed by atoms with Crippen LogP contribution in [0.4, 0.5) is 0 Å². The van der Waals surface area contributed by atoms with E-state index in [9.17, 15) is 4.79 Å². The van der Waals surface area contributed by atoms with Crippen molar-refractivity contribution < 1.29 is 9.53 Å². The third kappa shape index (κ3) is 2.18. The highest BCUT2D eigenvalue weighted by Crippen LogP contribution is 2.49. The first-order valence-electron chi connectivity index (χ1n) is 7.79. The van der Waals surface area contributed by atoms with Crippen LogP contribution in [0, 0.1) is 0 Å². The molecule has 3 aromatic rings. The zero-order chi connectivity index (χ0) is 16.7. The molecule has 1 aliphatic rings. The number of benzene rings is 2.